The Bertz CT molecular complexity index is 391. The van der Waals surface area contributed by atoms with Gasteiger partial charge in [0.1, 0.15) is 0 Å². The molecule has 94 valence electrons. The number of halogens is 2. The van der Waals surface area contributed by atoms with E-state index in [2.05, 4.69) is 55.7 Å². The molecule has 17 heavy (non-hydrogen) atoms. The number of nitrogens with one attached hydrogen (secondary N) is 1. The lowest BCUT2D eigenvalue weighted by Gasteiger charge is -2.19. The minimum Gasteiger partial charge on any atom is -0.308 e. The summed E-state index contributed by atoms with van der Waals surface area (Å²) in [4.78, 5) is 4.49. The molecule has 0 bridgehead atoms. The van der Waals surface area contributed by atoms with Crippen LogP contribution in [-0.4, -0.2) is 11.5 Å². The van der Waals surface area contributed by atoms with Crippen molar-refractivity contribution >= 4 is 31.9 Å². The molecule has 1 heterocycles. The Kier molecular flexibility index (Phi) is 6.38. The maximum atomic E-state index is 4.49. The standard InChI is InChI=1S/C13H18Br2N2/c1-4-5-16-12(6-9(2)3)13-11(15)7-10(14)8-17-13/h7-8,12,16H,2,4-6H2,1,3H3. The van der Waals surface area contributed by atoms with Crippen LogP contribution in [0.25, 0.3) is 0 Å². The second-order valence-electron chi connectivity index (χ2n) is 4.19. The fraction of sp³-hybridized carbons (Fsp3) is 0.462. The Balaban J connectivity index is 2.90. The summed E-state index contributed by atoms with van der Waals surface area (Å²) in [5.41, 5.74) is 2.21. The number of hydrogen-bond donors (Lipinski definition) is 1. The minimum atomic E-state index is 0.231. The molecule has 0 saturated carbocycles. The van der Waals surface area contributed by atoms with Gasteiger partial charge in [-0.15, -0.1) is 6.58 Å². The molecule has 0 radical (unpaired) electrons. The van der Waals surface area contributed by atoms with Gasteiger partial charge in [-0.2, -0.15) is 0 Å². The predicted molar refractivity (Wildman–Crippen MR) is 80.1 cm³/mol. The van der Waals surface area contributed by atoms with Crippen molar-refractivity contribution in [3.8, 4) is 0 Å². The summed E-state index contributed by atoms with van der Waals surface area (Å²) < 4.78 is 2.01. The predicted octanol–water partition coefficient (Wildman–Crippen LogP) is 4.61. The summed E-state index contributed by atoms with van der Waals surface area (Å²) in [6.45, 7) is 9.18. The fourth-order valence-corrected chi connectivity index (χ4v) is 2.88. The molecular formula is C13H18Br2N2. The molecule has 0 saturated heterocycles. The largest absolute Gasteiger partial charge is 0.308 e. The highest BCUT2D eigenvalue weighted by atomic mass is 79.9. The molecule has 0 aliphatic rings. The van der Waals surface area contributed by atoms with Gasteiger partial charge < -0.3 is 5.32 Å². The second kappa shape index (κ2) is 7.29. The zero-order valence-corrected chi connectivity index (χ0v) is 13.4. The molecule has 1 aromatic heterocycles. The highest BCUT2D eigenvalue weighted by Gasteiger charge is 2.15. The molecule has 2 nitrogen and oxygen atoms in total. The third-order valence-corrected chi connectivity index (χ3v) is 3.43. The Morgan fingerprint density at radius 3 is 2.76 bits per heavy atom. The van der Waals surface area contributed by atoms with Crippen LogP contribution in [0, 0.1) is 0 Å². The average molecular weight is 362 g/mol. The van der Waals surface area contributed by atoms with Crippen LogP contribution in [0.5, 0.6) is 0 Å². The van der Waals surface area contributed by atoms with Crippen molar-refractivity contribution in [2.75, 3.05) is 6.54 Å². The molecule has 0 spiro atoms. The summed E-state index contributed by atoms with van der Waals surface area (Å²) in [7, 11) is 0. The summed E-state index contributed by atoms with van der Waals surface area (Å²) in [5, 5.41) is 3.51. The van der Waals surface area contributed by atoms with E-state index in [9.17, 15) is 0 Å². The molecule has 0 aliphatic heterocycles. The van der Waals surface area contributed by atoms with Gasteiger partial charge in [0, 0.05) is 15.1 Å². The maximum Gasteiger partial charge on any atom is 0.0718 e. The lowest BCUT2D eigenvalue weighted by Crippen LogP contribution is -2.23. The highest BCUT2D eigenvalue weighted by molar-refractivity contribution is 9.11. The third kappa shape index (κ3) is 4.90. The van der Waals surface area contributed by atoms with E-state index < -0.39 is 0 Å². The molecule has 0 aliphatic carbocycles. The van der Waals surface area contributed by atoms with Gasteiger partial charge in [-0.1, -0.05) is 12.5 Å². The lowest BCUT2D eigenvalue weighted by atomic mass is 10.0. The topological polar surface area (TPSA) is 24.9 Å². The smallest absolute Gasteiger partial charge is 0.0718 e. The van der Waals surface area contributed by atoms with Crippen molar-refractivity contribution in [3.05, 3.63) is 39.1 Å². The first-order valence-electron chi connectivity index (χ1n) is 5.73. The average Bonchev–Trinajstić information content (AvgIpc) is 2.24. The molecule has 0 aromatic carbocycles. The summed E-state index contributed by atoms with van der Waals surface area (Å²) >= 11 is 6.99. The van der Waals surface area contributed by atoms with Gasteiger partial charge in [0.25, 0.3) is 0 Å². The van der Waals surface area contributed by atoms with Gasteiger partial charge in [0.05, 0.1) is 11.7 Å². The van der Waals surface area contributed by atoms with E-state index in [-0.39, 0.29) is 6.04 Å². The van der Waals surface area contributed by atoms with Crippen LogP contribution in [-0.2, 0) is 0 Å². The zero-order valence-electron chi connectivity index (χ0n) is 10.3. The third-order valence-electron chi connectivity index (χ3n) is 2.36. The quantitative estimate of drug-likeness (QED) is 0.748. The zero-order chi connectivity index (χ0) is 12.8. The highest BCUT2D eigenvalue weighted by Crippen LogP contribution is 2.27. The summed E-state index contributed by atoms with van der Waals surface area (Å²) in [6, 6.07) is 2.26. The van der Waals surface area contributed by atoms with Crippen molar-refractivity contribution < 1.29 is 0 Å². The van der Waals surface area contributed by atoms with Gasteiger partial charge in [0.15, 0.2) is 0 Å². The van der Waals surface area contributed by atoms with Gasteiger partial charge in [-0.05, 0) is 64.2 Å². The first kappa shape index (κ1) is 14.9. The van der Waals surface area contributed by atoms with Crippen LogP contribution < -0.4 is 5.32 Å². The van der Waals surface area contributed by atoms with Crippen molar-refractivity contribution in [1.82, 2.24) is 10.3 Å². The maximum absolute atomic E-state index is 4.49. The van der Waals surface area contributed by atoms with Crippen LogP contribution in [0.3, 0.4) is 0 Å². The van der Waals surface area contributed by atoms with Crippen LogP contribution in [0.1, 0.15) is 38.4 Å². The molecule has 0 fully saturated rings. The number of hydrogen-bond acceptors (Lipinski definition) is 2. The van der Waals surface area contributed by atoms with E-state index in [1.54, 1.807) is 0 Å². The minimum absolute atomic E-state index is 0.231. The molecule has 1 N–H and O–H groups in total. The Labute approximate surface area is 120 Å². The van der Waals surface area contributed by atoms with Crippen molar-refractivity contribution in [2.45, 2.75) is 32.7 Å². The van der Waals surface area contributed by atoms with Crippen LogP contribution >= 0.6 is 31.9 Å². The van der Waals surface area contributed by atoms with Crippen molar-refractivity contribution in [3.63, 3.8) is 0 Å². The normalized spacial score (nSPS) is 12.5. The molecule has 0 amide bonds. The number of nitrogens with zero attached hydrogens (tertiary/aromatic N) is 1. The van der Waals surface area contributed by atoms with E-state index in [0.29, 0.717) is 0 Å². The van der Waals surface area contributed by atoms with Gasteiger partial charge in [-0.25, -0.2) is 0 Å². The van der Waals surface area contributed by atoms with E-state index in [0.717, 1.165) is 39.6 Å². The number of pyridine rings is 1. The first-order chi connectivity index (χ1) is 8.04. The SMILES string of the molecule is C=C(C)CC(NCCC)c1ncc(Br)cc1Br. The van der Waals surface area contributed by atoms with Crippen molar-refractivity contribution in [1.29, 1.82) is 0 Å². The van der Waals surface area contributed by atoms with E-state index in [1.807, 2.05) is 19.2 Å². The van der Waals surface area contributed by atoms with E-state index in [4.69, 9.17) is 0 Å². The van der Waals surface area contributed by atoms with Crippen LogP contribution in [0.2, 0.25) is 0 Å². The number of aromatic nitrogens is 1. The Morgan fingerprint density at radius 1 is 1.53 bits per heavy atom. The summed E-state index contributed by atoms with van der Waals surface area (Å²) in [5.74, 6) is 0. The van der Waals surface area contributed by atoms with Crippen molar-refractivity contribution in [2.24, 2.45) is 0 Å². The lowest BCUT2D eigenvalue weighted by molar-refractivity contribution is 0.514. The molecule has 1 unspecified atom stereocenters. The first-order valence-corrected chi connectivity index (χ1v) is 7.32. The monoisotopic (exact) mass is 360 g/mol. The van der Waals surface area contributed by atoms with Crippen LogP contribution in [0.15, 0.2) is 33.4 Å². The molecule has 1 rings (SSSR count). The second-order valence-corrected chi connectivity index (χ2v) is 5.96. The van der Waals surface area contributed by atoms with Crippen LogP contribution in [0.4, 0.5) is 0 Å². The Hall–Kier alpha value is -0.190. The molecule has 1 aromatic rings. The van der Waals surface area contributed by atoms with Gasteiger partial charge in [-0.3, -0.25) is 4.98 Å². The molecule has 4 heteroatoms. The van der Waals surface area contributed by atoms with E-state index >= 15 is 0 Å². The molecular weight excluding hydrogens is 344 g/mol. The van der Waals surface area contributed by atoms with E-state index in [1.165, 1.54) is 0 Å². The van der Waals surface area contributed by atoms with Gasteiger partial charge in [0.2, 0.25) is 0 Å². The van der Waals surface area contributed by atoms with Gasteiger partial charge >= 0.3 is 0 Å². The number of rotatable bonds is 6. The fourth-order valence-electron chi connectivity index (χ4n) is 1.61. The Morgan fingerprint density at radius 2 is 2.24 bits per heavy atom. The molecule has 1 atom stereocenters. The summed E-state index contributed by atoms with van der Waals surface area (Å²) in [6.07, 6.45) is 3.85.